The molecule has 1 amide bonds. The van der Waals surface area contributed by atoms with Crippen LogP contribution in [-0.2, 0) is 20.6 Å². The average Bonchev–Trinajstić information content (AvgIpc) is 2.98. The summed E-state index contributed by atoms with van der Waals surface area (Å²) in [5.41, 5.74) is 0.714. The van der Waals surface area contributed by atoms with Gasteiger partial charge in [0.1, 0.15) is 6.04 Å². The molecule has 0 saturated carbocycles. The van der Waals surface area contributed by atoms with Gasteiger partial charge in [0.2, 0.25) is 15.9 Å². The van der Waals surface area contributed by atoms with Crippen molar-refractivity contribution in [1.82, 2.24) is 9.62 Å². The number of carbonyl (C=O) groups is 1. The molecule has 1 saturated heterocycles. The van der Waals surface area contributed by atoms with Gasteiger partial charge in [-0.3, -0.25) is 4.79 Å². The number of benzene rings is 1. The van der Waals surface area contributed by atoms with Crippen LogP contribution in [-0.4, -0.2) is 38.4 Å². The summed E-state index contributed by atoms with van der Waals surface area (Å²) in [6.45, 7) is 5.18. The predicted molar refractivity (Wildman–Crippen MR) is 86.6 cm³/mol. The highest BCUT2D eigenvalue weighted by molar-refractivity contribution is 7.88. The first-order valence-corrected chi connectivity index (χ1v) is 9.37. The second-order valence-corrected chi connectivity index (χ2v) is 7.87. The van der Waals surface area contributed by atoms with E-state index in [-0.39, 0.29) is 17.6 Å². The van der Waals surface area contributed by atoms with Gasteiger partial charge in [-0.25, -0.2) is 13.1 Å². The highest BCUT2D eigenvalue weighted by atomic mass is 32.2. The molecule has 0 radical (unpaired) electrons. The van der Waals surface area contributed by atoms with Crippen molar-refractivity contribution in [3.05, 3.63) is 35.9 Å². The molecule has 0 spiro atoms. The third kappa shape index (κ3) is 4.55. The lowest BCUT2D eigenvalue weighted by Gasteiger charge is -2.26. The first kappa shape index (κ1) is 17.0. The van der Waals surface area contributed by atoms with Crippen LogP contribution in [0.4, 0.5) is 0 Å². The number of nitrogens with zero attached hydrogens (tertiary/aromatic N) is 1. The molecule has 1 heterocycles. The summed E-state index contributed by atoms with van der Waals surface area (Å²) < 4.78 is 27.3. The van der Waals surface area contributed by atoms with Crippen molar-refractivity contribution in [2.45, 2.75) is 38.5 Å². The Labute approximate surface area is 132 Å². The van der Waals surface area contributed by atoms with E-state index in [1.54, 1.807) is 29.2 Å². The topological polar surface area (TPSA) is 66.5 Å². The number of hydrogen-bond acceptors (Lipinski definition) is 3. The monoisotopic (exact) mass is 324 g/mol. The highest BCUT2D eigenvalue weighted by Crippen LogP contribution is 2.15. The molecule has 1 fully saturated rings. The Morgan fingerprint density at radius 3 is 2.32 bits per heavy atom. The second kappa shape index (κ2) is 7.24. The van der Waals surface area contributed by atoms with Crippen LogP contribution in [0.3, 0.4) is 0 Å². The second-order valence-electron chi connectivity index (χ2n) is 6.12. The third-order valence-electron chi connectivity index (χ3n) is 3.86. The smallest absolute Gasteiger partial charge is 0.241 e. The summed E-state index contributed by atoms with van der Waals surface area (Å²) in [6.07, 6.45) is 1.99. The first-order valence-electron chi connectivity index (χ1n) is 7.72. The Balaban J connectivity index is 2.07. The number of rotatable bonds is 6. The van der Waals surface area contributed by atoms with E-state index < -0.39 is 16.1 Å². The van der Waals surface area contributed by atoms with Gasteiger partial charge < -0.3 is 4.90 Å². The molecular formula is C16H24N2O3S. The fourth-order valence-electron chi connectivity index (χ4n) is 2.63. The lowest BCUT2D eigenvalue weighted by Crippen LogP contribution is -2.50. The van der Waals surface area contributed by atoms with Gasteiger partial charge in [0, 0.05) is 13.1 Å². The number of nitrogens with one attached hydrogen (secondary N) is 1. The molecule has 5 nitrogen and oxygen atoms in total. The summed E-state index contributed by atoms with van der Waals surface area (Å²) in [4.78, 5) is 14.3. The molecule has 0 unspecified atom stereocenters. The summed E-state index contributed by atoms with van der Waals surface area (Å²) in [5.74, 6) is -0.299. The average molecular weight is 324 g/mol. The van der Waals surface area contributed by atoms with E-state index in [9.17, 15) is 13.2 Å². The molecule has 0 aromatic heterocycles. The number of amides is 1. The van der Waals surface area contributed by atoms with Crippen LogP contribution < -0.4 is 4.72 Å². The van der Waals surface area contributed by atoms with Crippen LogP contribution in [0.1, 0.15) is 32.3 Å². The molecule has 2 rings (SSSR count). The van der Waals surface area contributed by atoms with E-state index in [2.05, 4.69) is 4.72 Å². The van der Waals surface area contributed by atoms with E-state index in [1.165, 1.54) is 0 Å². The van der Waals surface area contributed by atoms with Crippen molar-refractivity contribution in [2.75, 3.05) is 13.1 Å². The maximum atomic E-state index is 12.5. The SMILES string of the molecule is CC(C)[C@@H](NS(=O)(=O)Cc1ccccc1)C(=O)N1CCCC1. The minimum absolute atomic E-state index is 0.0846. The Morgan fingerprint density at radius 2 is 1.77 bits per heavy atom. The van der Waals surface area contributed by atoms with Crippen LogP contribution >= 0.6 is 0 Å². The minimum Gasteiger partial charge on any atom is -0.341 e. The summed E-state index contributed by atoms with van der Waals surface area (Å²) in [7, 11) is -3.55. The molecule has 1 aliphatic heterocycles. The standard InChI is InChI=1S/C16H24N2O3S/c1-13(2)15(16(19)18-10-6-7-11-18)17-22(20,21)12-14-8-4-3-5-9-14/h3-5,8-9,13,15,17H,6-7,10-12H2,1-2H3/t15-/m1/s1. The fourth-order valence-corrected chi connectivity index (χ4v) is 4.11. The Bertz CT molecular complexity index is 593. The van der Waals surface area contributed by atoms with Crippen molar-refractivity contribution in [1.29, 1.82) is 0 Å². The first-order chi connectivity index (χ1) is 10.4. The van der Waals surface area contributed by atoms with Gasteiger partial charge in [-0.15, -0.1) is 0 Å². The van der Waals surface area contributed by atoms with Crippen LogP contribution in [0.5, 0.6) is 0 Å². The van der Waals surface area contributed by atoms with Gasteiger partial charge in [-0.05, 0) is 24.3 Å². The van der Waals surface area contributed by atoms with E-state index in [4.69, 9.17) is 0 Å². The molecule has 1 aromatic carbocycles. The van der Waals surface area contributed by atoms with Gasteiger partial charge in [-0.1, -0.05) is 44.2 Å². The molecule has 1 N–H and O–H groups in total. The maximum Gasteiger partial charge on any atom is 0.241 e. The molecule has 1 aliphatic rings. The van der Waals surface area contributed by atoms with Crippen molar-refractivity contribution in [3.63, 3.8) is 0 Å². The van der Waals surface area contributed by atoms with E-state index in [0.29, 0.717) is 5.56 Å². The lowest BCUT2D eigenvalue weighted by atomic mass is 10.0. The Morgan fingerprint density at radius 1 is 1.18 bits per heavy atom. The zero-order chi connectivity index (χ0) is 16.2. The fraction of sp³-hybridized carbons (Fsp3) is 0.562. The van der Waals surface area contributed by atoms with Crippen molar-refractivity contribution < 1.29 is 13.2 Å². The third-order valence-corrected chi connectivity index (χ3v) is 5.18. The molecule has 0 aliphatic carbocycles. The number of likely N-dealkylation sites (tertiary alicyclic amines) is 1. The molecular weight excluding hydrogens is 300 g/mol. The summed E-state index contributed by atoms with van der Waals surface area (Å²) >= 11 is 0. The molecule has 122 valence electrons. The van der Waals surface area contributed by atoms with Crippen molar-refractivity contribution >= 4 is 15.9 Å². The molecule has 1 aromatic rings. The molecule has 6 heteroatoms. The van der Waals surface area contributed by atoms with Crippen LogP contribution in [0.2, 0.25) is 0 Å². The highest BCUT2D eigenvalue weighted by Gasteiger charge is 2.31. The van der Waals surface area contributed by atoms with Gasteiger partial charge >= 0.3 is 0 Å². The van der Waals surface area contributed by atoms with Crippen LogP contribution in [0.15, 0.2) is 30.3 Å². The molecule has 1 atom stereocenters. The van der Waals surface area contributed by atoms with Crippen molar-refractivity contribution in [2.24, 2.45) is 5.92 Å². The summed E-state index contributed by atoms with van der Waals surface area (Å²) in [5, 5.41) is 0. The quantitative estimate of drug-likeness (QED) is 0.867. The molecule has 0 bridgehead atoms. The van der Waals surface area contributed by atoms with E-state index >= 15 is 0 Å². The largest absolute Gasteiger partial charge is 0.341 e. The van der Waals surface area contributed by atoms with Crippen molar-refractivity contribution in [3.8, 4) is 0 Å². The van der Waals surface area contributed by atoms with Gasteiger partial charge in [0.05, 0.1) is 5.75 Å². The maximum absolute atomic E-state index is 12.5. The van der Waals surface area contributed by atoms with E-state index in [1.807, 2.05) is 19.9 Å². The predicted octanol–water partition coefficient (Wildman–Crippen LogP) is 1.75. The molecule has 22 heavy (non-hydrogen) atoms. The Kier molecular flexibility index (Phi) is 5.58. The van der Waals surface area contributed by atoms with Gasteiger partial charge in [-0.2, -0.15) is 0 Å². The minimum atomic E-state index is -3.55. The normalized spacial score (nSPS) is 17.0. The van der Waals surface area contributed by atoms with Crippen LogP contribution in [0.25, 0.3) is 0 Å². The van der Waals surface area contributed by atoms with E-state index in [0.717, 1.165) is 25.9 Å². The zero-order valence-corrected chi connectivity index (χ0v) is 14.0. The lowest BCUT2D eigenvalue weighted by molar-refractivity contribution is -0.132. The number of hydrogen-bond donors (Lipinski definition) is 1. The van der Waals surface area contributed by atoms with Gasteiger partial charge in [0.25, 0.3) is 0 Å². The Hall–Kier alpha value is -1.40. The summed E-state index contributed by atoms with van der Waals surface area (Å²) in [6, 6.07) is 8.31. The van der Waals surface area contributed by atoms with Gasteiger partial charge in [0.15, 0.2) is 0 Å². The number of carbonyl (C=O) groups excluding carboxylic acids is 1. The zero-order valence-electron chi connectivity index (χ0n) is 13.2. The number of sulfonamides is 1. The van der Waals surface area contributed by atoms with Crippen LogP contribution in [0, 0.1) is 5.92 Å².